The first-order chi connectivity index (χ1) is 13.1. The zero-order chi connectivity index (χ0) is 18.8. The van der Waals surface area contributed by atoms with Crippen molar-refractivity contribution in [3.8, 4) is 11.4 Å². The number of aromatic nitrogens is 3. The molecule has 2 bridgehead atoms. The first kappa shape index (κ1) is 17.9. The van der Waals surface area contributed by atoms with Gasteiger partial charge in [0.05, 0.1) is 0 Å². The van der Waals surface area contributed by atoms with Crippen molar-refractivity contribution in [1.82, 2.24) is 25.3 Å². The third-order valence-corrected chi connectivity index (χ3v) is 5.70. The molecule has 0 aromatic carbocycles. The van der Waals surface area contributed by atoms with Crippen LogP contribution in [0.15, 0.2) is 29.0 Å². The number of rotatable bonds is 5. The predicted octanol–water partition coefficient (Wildman–Crippen LogP) is 3.60. The molecule has 2 aromatic rings. The fourth-order valence-electron chi connectivity index (χ4n) is 4.29. The Morgan fingerprint density at radius 3 is 2.63 bits per heavy atom. The Hall–Kier alpha value is -2.44. The molecule has 2 aromatic heterocycles. The van der Waals surface area contributed by atoms with Crippen molar-refractivity contribution in [1.29, 1.82) is 0 Å². The molecule has 2 fully saturated rings. The zero-order valence-electron chi connectivity index (χ0n) is 16.0. The van der Waals surface area contributed by atoms with E-state index < -0.39 is 0 Å². The normalized spacial score (nSPS) is 24.4. The van der Waals surface area contributed by atoms with Crippen LogP contribution in [0, 0.1) is 5.92 Å². The summed E-state index contributed by atoms with van der Waals surface area (Å²) in [6, 6.07) is 4.38. The smallest absolute Gasteiger partial charge is 0.317 e. The summed E-state index contributed by atoms with van der Waals surface area (Å²) in [4.78, 5) is 23.3. The fraction of sp³-hybridized carbons (Fsp3) is 0.600. The number of carbonyl (C=O) groups is 1. The third-order valence-electron chi connectivity index (χ3n) is 5.70. The van der Waals surface area contributed by atoms with E-state index in [1.807, 2.05) is 12.1 Å². The highest BCUT2D eigenvalue weighted by Crippen LogP contribution is 2.42. The van der Waals surface area contributed by atoms with Gasteiger partial charge in [0, 0.05) is 42.5 Å². The van der Waals surface area contributed by atoms with E-state index in [1.165, 1.54) is 0 Å². The Kier molecular flexibility index (Phi) is 5.09. The summed E-state index contributed by atoms with van der Waals surface area (Å²) in [6.07, 6.45) is 8.37. The van der Waals surface area contributed by atoms with Crippen LogP contribution in [0.2, 0.25) is 0 Å². The summed E-state index contributed by atoms with van der Waals surface area (Å²) >= 11 is 0. The molecule has 2 amide bonds. The molecular formula is C20H27N5O2. The minimum atomic E-state index is 0.0876. The quantitative estimate of drug-likeness (QED) is 0.870. The molecule has 7 heteroatoms. The van der Waals surface area contributed by atoms with E-state index >= 15 is 0 Å². The van der Waals surface area contributed by atoms with E-state index in [4.69, 9.17) is 4.52 Å². The standard InChI is InChI=1S/C20H27N5O2/c1-13(2)5-10-22-20(26)25-16-3-4-17(25)12-15(11-16)19-23-18(24-27-19)14-6-8-21-9-7-14/h6-9,13,15-17H,3-5,10-12H2,1-2H3,(H,22,26)/t15?,16-,17+. The van der Waals surface area contributed by atoms with E-state index in [9.17, 15) is 4.79 Å². The molecule has 0 radical (unpaired) electrons. The van der Waals surface area contributed by atoms with E-state index in [1.54, 1.807) is 12.4 Å². The van der Waals surface area contributed by atoms with Gasteiger partial charge in [-0.05, 0) is 50.2 Å². The van der Waals surface area contributed by atoms with E-state index in [0.29, 0.717) is 17.6 Å². The van der Waals surface area contributed by atoms with Gasteiger partial charge in [0.1, 0.15) is 0 Å². The van der Waals surface area contributed by atoms with Gasteiger partial charge in [0.25, 0.3) is 0 Å². The largest absolute Gasteiger partial charge is 0.339 e. The van der Waals surface area contributed by atoms with Crippen LogP contribution in [0.25, 0.3) is 11.4 Å². The van der Waals surface area contributed by atoms with Crippen molar-refractivity contribution in [3.63, 3.8) is 0 Å². The number of piperidine rings is 1. The summed E-state index contributed by atoms with van der Waals surface area (Å²) in [5, 5.41) is 7.23. The second-order valence-electron chi connectivity index (χ2n) is 8.07. The van der Waals surface area contributed by atoms with Crippen molar-refractivity contribution < 1.29 is 9.32 Å². The number of hydrogen-bond acceptors (Lipinski definition) is 5. The number of nitrogens with one attached hydrogen (secondary N) is 1. The molecule has 0 saturated carbocycles. The minimum Gasteiger partial charge on any atom is -0.339 e. The molecule has 1 unspecified atom stereocenters. The van der Waals surface area contributed by atoms with E-state index in [-0.39, 0.29) is 24.0 Å². The van der Waals surface area contributed by atoms with Gasteiger partial charge in [0.2, 0.25) is 11.7 Å². The van der Waals surface area contributed by atoms with Gasteiger partial charge < -0.3 is 14.7 Å². The fourth-order valence-corrected chi connectivity index (χ4v) is 4.29. The highest BCUT2D eigenvalue weighted by Gasteiger charge is 2.45. The van der Waals surface area contributed by atoms with E-state index in [2.05, 4.69) is 39.2 Å². The van der Waals surface area contributed by atoms with Gasteiger partial charge in [-0.1, -0.05) is 19.0 Å². The molecule has 7 nitrogen and oxygen atoms in total. The van der Waals surface area contributed by atoms with Crippen LogP contribution in [0.3, 0.4) is 0 Å². The molecule has 144 valence electrons. The molecule has 2 aliphatic heterocycles. The molecular weight excluding hydrogens is 342 g/mol. The molecule has 4 rings (SSSR count). The summed E-state index contributed by atoms with van der Waals surface area (Å²) in [5.74, 6) is 2.12. The van der Waals surface area contributed by atoms with Gasteiger partial charge in [-0.25, -0.2) is 4.79 Å². The van der Waals surface area contributed by atoms with Gasteiger partial charge in [-0.15, -0.1) is 0 Å². The Morgan fingerprint density at radius 2 is 1.96 bits per heavy atom. The first-order valence-electron chi connectivity index (χ1n) is 9.92. The molecule has 2 saturated heterocycles. The minimum absolute atomic E-state index is 0.0876. The second-order valence-corrected chi connectivity index (χ2v) is 8.07. The number of urea groups is 1. The lowest BCUT2D eigenvalue weighted by atomic mass is 9.91. The van der Waals surface area contributed by atoms with Crippen LogP contribution in [-0.4, -0.2) is 44.7 Å². The van der Waals surface area contributed by atoms with Gasteiger partial charge in [0.15, 0.2) is 0 Å². The Labute approximate surface area is 159 Å². The molecule has 3 atom stereocenters. The van der Waals surface area contributed by atoms with Crippen LogP contribution in [0.5, 0.6) is 0 Å². The number of amides is 2. The van der Waals surface area contributed by atoms with Crippen molar-refractivity contribution >= 4 is 6.03 Å². The van der Waals surface area contributed by atoms with Crippen molar-refractivity contribution in [3.05, 3.63) is 30.4 Å². The maximum atomic E-state index is 12.6. The van der Waals surface area contributed by atoms with Crippen LogP contribution in [0.1, 0.15) is 57.8 Å². The molecule has 1 N–H and O–H groups in total. The van der Waals surface area contributed by atoms with Crippen molar-refractivity contribution in [2.24, 2.45) is 5.92 Å². The van der Waals surface area contributed by atoms with Gasteiger partial charge >= 0.3 is 6.03 Å². The van der Waals surface area contributed by atoms with Crippen LogP contribution in [0.4, 0.5) is 4.79 Å². The number of nitrogens with zero attached hydrogens (tertiary/aromatic N) is 4. The second kappa shape index (κ2) is 7.66. The topological polar surface area (TPSA) is 84.2 Å². The molecule has 27 heavy (non-hydrogen) atoms. The average molecular weight is 369 g/mol. The number of fused-ring (bicyclic) bond motifs is 2. The Morgan fingerprint density at radius 1 is 1.26 bits per heavy atom. The molecule has 0 spiro atoms. The highest BCUT2D eigenvalue weighted by molar-refractivity contribution is 5.75. The number of hydrogen-bond donors (Lipinski definition) is 1. The zero-order valence-corrected chi connectivity index (χ0v) is 16.0. The summed E-state index contributed by atoms with van der Waals surface area (Å²) in [6.45, 7) is 5.09. The first-order valence-corrected chi connectivity index (χ1v) is 9.92. The van der Waals surface area contributed by atoms with Gasteiger partial charge in [-0.3, -0.25) is 4.98 Å². The van der Waals surface area contributed by atoms with Crippen molar-refractivity contribution in [2.75, 3.05) is 6.54 Å². The van der Waals surface area contributed by atoms with E-state index in [0.717, 1.165) is 44.2 Å². The average Bonchev–Trinajstić information content (AvgIpc) is 3.25. The third kappa shape index (κ3) is 3.82. The number of pyridine rings is 1. The van der Waals surface area contributed by atoms with Crippen LogP contribution < -0.4 is 5.32 Å². The summed E-state index contributed by atoms with van der Waals surface area (Å²) in [7, 11) is 0. The molecule has 4 heterocycles. The monoisotopic (exact) mass is 369 g/mol. The number of carbonyl (C=O) groups excluding carboxylic acids is 1. The molecule has 0 aliphatic carbocycles. The Bertz CT molecular complexity index is 762. The summed E-state index contributed by atoms with van der Waals surface area (Å²) < 4.78 is 5.57. The van der Waals surface area contributed by atoms with Crippen LogP contribution >= 0.6 is 0 Å². The lowest BCUT2D eigenvalue weighted by molar-refractivity contribution is 0.130. The Balaban J connectivity index is 1.40. The lowest BCUT2D eigenvalue weighted by Crippen LogP contribution is -2.50. The lowest BCUT2D eigenvalue weighted by Gasteiger charge is -2.37. The molecule has 2 aliphatic rings. The van der Waals surface area contributed by atoms with Crippen molar-refractivity contribution in [2.45, 2.75) is 64.0 Å². The summed E-state index contributed by atoms with van der Waals surface area (Å²) in [5.41, 5.74) is 0.907. The maximum Gasteiger partial charge on any atom is 0.317 e. The van der Waals surface area contributed by atoms with Gasteiger partial charge in [-0.2, -0.15) is 4.98 Å². The SMILES string of the molecule is CC(C)CCNC(=O)N1[C@@H]2CC[C@H]1CC(c1nc(-c3ccncc3)no1)C2. The predicted molar refractivity (Wildman–Crippen MR) is 101 cm³/mol. The highest BCUT2D eigenvalue weighted by atomic mass is 16.5. The van der Waals surface area contributed by atoms with Crippen LogP contribution in [-0.2, 0) is 0 Å². The maximum absolute atomic E-state index is 12.6.